The topological polar surface area (TPSA) is 15.8 Å². The summed E-state index contributed by atoms with van der Waals surface area (Å²) in [5, 5.41) is 3.38. The van der Waals surface area contributed by atoms with Crippen LogP contribution in [0, 0.1) is 0 Å². The second-order valence-corrected chi connectivity index (χ2v) is 4.94. The van der Waals surface area contributed by atoms with Crippen molar-refractivity contribution in [3.05, 3.63) is 72.2 Å². The molecule has 2 heteroatoms. The smallest absolute Gasteiger partial charge is 0.0460 e. The van der Waals surface area contributed by atoms with Gasteiger partial charge in [0.25, 0.3) is 0 Å². The number of hydrogen-bond donors (Lipinski definition) is 1. The zero-order chi connectivity index (χ0) is 12.2. The Morgan fingerprint density at radius 3 is 2.56 bits per heavy atom. The number of nitrogens with one attached hydrogen (secondary N) is 1. The van der Waals surface area contributed by atoms with E-state index in [1.807, 2.05) is 18.2 Å². The van der Waals surface area contributed by atoms with Crippen LogP contribution in [0.3, 0.4) is 0 Å². The van der Waals surface area contributed by atoms with Crippen LogP contribution < -0.4 is 0 Å². The van der Waals surface area contributed by atoms with Crippen molar-refractivity contribution in [2.24, 2.45) is 0 Å². The number of fused-ring (bicyclic) bond motifs is 1. The molecule has 2 heterocycles. The van der Waals surface area contributed by atoms with Crippen molar-refractivity contribution >= 4 is 22.2 Å². The van der Waals surface area contributed by atoms with Crippen LogP contribution in [0.2, 0.25) is 0 Å². The van der Waals surface area contributed by atoms with E-state index in [1.165, 1.54) is 21.3 Å². The first-order valence-corrected chi connectivity index (χ1v) is 6.76. The minimum absolute atomic E-state index is 1.18. The van der Waals surface area contributed by atoms with E-state index in [0.29, 0.717) is 0 Å². The van der Waals surface area contributed by atoms with Crippen molar-refractivity contribution in [3.8, 4) is 10.4 Å². The fourth-order valence-electron chi connectivity index (χ4n) is 1.96. The number of aromatic amines is 1. The third-order valence-electron chi connectivity index (χ3n) is 2.82. The molecule has 0 saturated carbocycles. The number of hydrogen-bond acceptors (Lipinski definition) is 1. The lowest BCUT2D eigenvalue weighted by atomic mass is 10.1. The summed E-state index contributed by atoms with van der Waals surface area (Å²) in [7, 11) is 0. The maximum atomic E-state index is 3.32. The molecule has 18 heavy (non-hydrogen) atoms. The van der Waals surface area contributed by atoms with Crippen molar-refractivity contribution < 1.29 is 0 Å². The summed E-state index contributed by atoms with van der Waals surface area (Å²) in [6.07, 6.45) is 2.08. The highest BCUT2D eigenvalue weighted by Crippen LogP contribution is 2.29. The highest BCUT2D eigenvalue weighted by Gasteiger charge is 2.03. The Hall–Kier alpha value is -2.06. The largest absolute Gasteiger partial charge is 0.361 e. The second kappa shape index (κ2) is 5.07. The van der Waals surface area contributed by atoms with Gasteiger partial charge in [-0.15, -0.1) is 11.3 Å². The molecular formula is C16H13NS. The van der Waals surface area contributed by atoms with Crippen LogP contribution in [-0.4, -0.2) is 4.98 Å². The summed E-state index contributed by atoms with van der Waals surface area (Å²) in [4.78, 5) is 4.57. The lowest BCUT2D eigenvalue weighted by molar-refractivity contribution is 1.48. The molecule has 0 aliphatic heterocycles. The van der Waals surface area contributed by atoms with Gasteiger partial charge in [0.15, 0.2) is 0 Å². The molecule has 2 aromatic heterocycles. The van der Waals surface area contributed by atoms with Crippen molar-refractivity contribution in [1.82, 2.24) is 4.98 Å². The zero-order valence-corrected chi connectivity index (χ0v) is 10.7. The Morgan fingerprint density at radius 2 is 1.56 bits per heavy atom. The zero-order valence-electron chi connectivity index (χ0n) is 9.84. The van der Waals surface area contributed by atoms with E-state index in [-0.39, 0.29) is 0 Å². The summed E-state index contributed by atoms with van der Waals surface area (Å²) >= 11 is 1.74. The first kappa shape index (κ1) is 11.1. The van der Waals surface area contributed by atoms with Gasteiger partial charge in [-0.2, -0.15) is 0 Å². The predicted octanol–water partition coefficient (Wildman–Crippen LogP) is 5.02. The molecule has 1 nitrogen and oxygen atoms in total. The molecule has 0 aliphatic carbocycles. The molecule has 0 unspecified atom stereocenters. The molecule has 0 saturated heterocycles. The Labute approximate surface area is 110 Å². The molecule has 0 amide bonds. The predicted molar refractivity (Wildman–Crippen MR) is 79.2 cm³/mol. The molecule has 0 spiro atoms. The lowest BCUT2D eigenvalue weighted by Crippen LogP contribution is -1.68. The van der Waals surface area contributed by atoms with Gasteiger partial charge < -0.3 is 4.98 Å². The second-order valence-electron chi connectivity index (χ2n) is 4.00. The molecule has 0 atom stereocenters. The molecule has 0 aliphatic rings. The fourth-order valence-corrected chi connectivity index (χ4v) is 2.73. The Morgan fingerprint density at radius 1 is 0.778 bits per heavy atom. The average molecular weight is 251 g/mol. The van der Waals surface area contributed by atoms with Gasteiger partial charge in [0.1, 0.15) is 0 Å². The van der Waals surface area contributed by atoms with E-state index in [2.05, 4.69) is 59.0 Å². The first-order chi connectivity index (χ1) is 8.95. The SMILES string of the molecule is c1cccsc(-c2c[nH]c3ccccc23)ccc1. The van der Waals surface area contributed by atoms with Crippen molar-refractivity contribution in [2.45, 2.75) is 0 Å². The van der Waals surface area contributed by atoms with E-state index in [1.54, 1.807) is 11.3 Å². The van der Waals surface area contributed by atoms with Crippen molar-refractivity contribution in [3.63, 3.8) is 0 Å². The van der Waals surface area contributed by atoms with Crippen LogP contribution in [0.15, 0.2) is 72.2 Å². The summed E-state index contributed by atoms with van der Waals surface area (Å²) in [5.41, 5.74) is 2.44. The minimum Gasteiger partial charge on any atom is -0.361 e. The van der Waals surface area contributed by atoms with Crippen LogP contribution in [0.5, 0.6) is 0 Å². The third kappa shape index (κ3) is 2.15. The number of H-pyrrole nitrogens is 1. The van der Waals surface area contributed by atoms with Crippen LogP contribution in [0.25, 0.3) is 21.3 Å². The first-order valence-electron chi connectivity index (χ1n) is 5.88. The Kier molecular flexibility index (Phi) is 3.11. The molecule has 3 aromatic rings. The Bertz CT molecular complexity index is 683. The monoisotopic (exact) mass is 251 g/mol. The van der Waals surface area contributed by atoms with Gasteiger partial charge in [0.05, 0.1) is 0 Å². The normalized spacial score (nSPS) is 10.2. The number of rotatable bonds is 1. The van der Waals surface area contributed by atoms with Gasteiger partial charge in [-0.25, -0.2) is 0 Å². The van der Waals surface area contributed by atoms with Crippen molar-refractivity contribution in [1.29, 1.82) is 0 Å². The Balaban J connectivity index is 2.24. The summed E-state index contributed by atoms with van der Waals surface area (Å²) in [6, 6.07) is 20.8. The van der Waals surface area contributed by atoms with Gasteiger partial charge >= 0.3 is 0 Å². The molecule has 1 N–H and O–H groups in total. The van der Waals surface area contributed by atoms with Crippen LogP contribution in [0.1, 0.15) is 0 Å². The van der Waals surface area contributed by atoms with Crippen molar-refractivity contribution in [2.75, 3.05) is 0 Å². The van der Waals surface area contributed by atoms with Gasteiger partial charge in [0.2, 0.25) is 0 Å². The van der Waals surface area contributed by atoms with E-state index in [9.17, 15) is 0 Å². The van der Waals surface area contributed by atoms with Gasteiger partial charge in [-0.3, -0.25) is 0 Å². The summed E-state index contributed by atoms with van der Waals surface area (Å²) in [6.45, 7) is 0. The highest BCUT2D eigenvalue weighted by atomic mass is 32.1. The average Bonchev–Trinajstić information content (AvgIpc) is 2.87. The van der Waals surface area contributed by atoms with Crippen LogP contribution >= 0.6 is 11.3 Å². The van der Waals surface area contributed by atoms with E-state index in [4.69, 9.17) is 0 Å². The number of benzene rings is 1. The third-order valence-corrected chi connectivity index (χ3v) is 3.72. The maximum absolute atomic E-state index is 3.32. The summed E-state index contributed by atoms with van der Waals surface area (Å²) in [5.74, 6) is 0. The van der Waals surface area contributed by atoms with Gasteiger partial charge in [-0.1, -0.05) is 48.5 Å². The number of aromatic nitrogens is 1. The summed E-state index contributed by atoms with van der Waals surface area (Å²) < 4.78 is 0. The van der Waals surface area contributed by atoms with E-state index in [0.717, 1.165) is 0 Å². The quantitative estimate of drug-likeness (QED) is 0.625. The lowest BCUT2D eigenvalue weighted by Gasteiger charge is -1.95. The maximum Gasteiger partial charge on any atom is 0.0460 e. The molecule has 0 fully saturated rings. The number of para-hydroxylation sites is 1. The highest BCUT2D eigenvalue weighted by molar-refractivity contribution is 7.13. The van der Waals surface area contributed by atoms with Gasteiger partial charge in [0, 0.05) is 27.5 Å². The van der Waals surface area contributed by atoms with E-state index >= 15 is 0 Å². The van der Waals surface area contributed by atoms with Crippen LogP contribution in [-0.2, 0) is 0 Å². The standard InChI is InChI=1S/C16H13NS/c1-2-4-10-16(18-11-7-3-1)14-12-17-15-9-6-5-8-13(14)15/h1-12,17H. The molecule has 0 radical (unpaired) electrons. The molecule has 1 aromatic carbocycles. The molecular weight excluding hydrogens is 238 g/mol. The minimum atomic E-state index is 1.18. The fraction of sp³-hybridized carbons (Fsp3) is 0. The van der Waals surface area contributed by atoms with Crippen LogP contribution in [0.4, 0.5) is 0 Å². The molecule has 88 valence electrons. The van der Waals surface area contributed by atoms with Gasteiger partial charge in [-0.05, 0) is 17.5 Å². The van der Waals surface area contributed by atoms with E-state index < -0.39 is 0 Å². The molecule has 0 bridgehead atoms. The molecule has 3 rings (SSSR count).